The van der Waals surface area contributed by atoms with Crippen LogP contribution in [0.15, 0.2) is 252 Å². The maximum absolute atomic E-state index is 2.58. The zero-order valence-electron chi connectivity index (χ0n) is 41.3. The quantitative estimate of drug-likeness (QED) is 0.133. The van der Waals surface area contributed by atoms with Crippen molar-refractivity contribution in [2.75, 3.05) is 0 Å². The molecule has 0 amide bonds. The van der Waals surface area contributed by atoms with E-state index in [9.17, 15) is 0 Å². The second-order valence-electron chi connectivity index (χ2n) is 20.9. The van der Waals surface area contributed by atoms with Crippen LogP contribution in [-0.4, -0.2) is 4.01 Å². The summed E-state index contributed by atoms with van der Waals surface area (Å²) in [7, 11) is 0. The van der Waals surface area contributed by atoms with Crippen molar-refractivity contribution < 1.29 is 0 Å². The lowest BCUT2D eigenvalue weighted by molar-refractivity contribution is 0.660. The first kappa shape index (κ1) is 44.0. The fourth-order valence-electron chi connectivity index (χ4n) is 13.7. The predicted molar refractivity (Wildman–Crippen MR) is 315 cm³/mol. The van der Waals surface area contributed by atoms with Crippen LogP contribution in [0.4, 0.5) is 0 Å². The Kier molecular flexibility index (Phi) is 10.2. The number of hydrogen-bond donors (Lipinski definition) is 0. The fraction of sp³-hybridized carbons (Fsp3) is 0.0972. The molecule has 1 heteroatoms. The fourth-order valence-corrected chi connectivity index (χ4v) is 15.7. The number of rotatable bonds is 8. The Bertz CT molecular complexity index is 3950. The van der Waals surface area contributed by atoms with Crippen LogP contribution in [0.1, 0.15) is 86.2 Å². The number of aryl methyl sites for hydroxylation is 1. The van der Waals surface area contributed by atoms with Crippen LogP contribution in [0.3, 0.4) is 0 Å². The van der Waals surface area contributed by atoms with Gasteiger partial charge in [-0.15, -0.1) is 0 Å². The second-order valence-corrected chi connectivity index (χ2v) is 23.0. The molecule has 10 aromatic carbocycles. The second kappa shape index (κ2) is 16.9. The number of fused-ring (bicyclic) bond motifs is 9. The molecule has 0 radical (unpaired) electrons. The van der Waals surface area contributed by atoms with Gasteiger partial charge in [-0.25, -0.2) is 0 Å². The van der Waals surface area contributed by atoms with Crippen molar-refractivity contribution in [2.24, 2.45) is 0 Å². The minimum Gasteiger partial charge on any atom is -0.0933 e. The van der Waals surface area contributed by atoms with Gasteiger partial charge in [0, 0.05) is 5.41 Å². The van der Waals surface area contributed by atoms with E-state index in [0.717, 1.165) is 6.42 Å². The van der Waals surface area contributed by atoms with E-state index < -0.39 is 10.8 Å². The highest BCUT2D eigenvalue weighted by molar-refractivity contribution is 14.2. The van der Waals surface area contributed by atoms with Gasteiger partial charge in [0.1, 0.15) is 0 Å². The Morgan fingerprint density at radius 3 is 1.79 bits per heavy atom. The monoisotopic (exact) mass is 1040 g/mol. The number of allylic oxidation sites excluding steroid dienone is 3. The van der Waals surface area contributed by atoms with E-state index >= 15 is 0 Å². The molecule has 3 aliphatic carbocycles. The lowest BCUT2D eigenvalue weighted by Crippen LogP contribution is -2.29. The van der Waals surface area contributed by atoms with Crippen molar-refractivity contribution in [3.8, 4) is 44.5 Å². The summed E-state index contributed by atoms with van der Waals surface area (Å²) in [4.78, 5) is 0. The molecule has 1 aliphatic heterocycles. The summed E-state index contributed by atoms with van der Waals surface area (Å²) in [6, 6.07) is 89.9. The van der Waals surface area contributed by atoms with E-state index in [1.165, 1.54) is 128 Å². The van der Waals surface area contributed by atoms with Crippen LogP contribution in [0.2, 0.25) is 0 Å². The first-order valence-electron chi connectivity index (χ1n) is 25.7. The highest BCUT2D eigenvalue weighted by atomic mass is 127. The summed E-state index contributed by atoms with van der Waals surface area (Å²) in [5.41, 5.74) is 29.6. The largest absolute Gasteiger partial charge is 0.0933 e. The zero-order chi connectivity index (χ0) is 48.9. The van der Waals surface area contributed by atoms with E-state index in [2.05, 4.69) is 272 Å². The molecular formula is C72H53I. The van der Waals surface area contributed by atoms with Gasteiger partial charge in [-0.2, -0.15) is 0 Å². The molecule has 2 atom stereocenters. The van der Waals surface area contributed by atoms with Gasteiger partial charge in [0.05, 0.1) is 10.8 Å². The van der Waals surface area contributed by atoms with Crippen LogP contribution in [0.5, 0.6) is 0 Å². The first-order chi connectivity index (χ1) is 35.9. The molecule has 0 fully saturated rings. The minimum atomic E-state index is -0.542. The Morgan fingerprint density at radius 2 is 1.00 bits per heavy atom. The van der Waals surface area contributed by atoms with Crippen LogP contribution >= 0.6 is 20.7 Å². The maximum atomic E-state index is 2.58. The van der Waals surface area contributed by atoms with Gasteiger partial charge in [-0.05, 0) is 168 Å². The molecule has 0 saturated carbocycles. The number of benzene rings is 10. The smallest absolute Gasteiger partial charge is 0.0718 e. The summed E-state index contributed by atoms with van der Waals surface area (Å²) < 4.78 is 5.00. The predicted octanol–water partition coefficient (Wildman–Crippen LogP) is 18.0. The molecule has 0 bridgehead atoms. The molecular weight excluding hydrogens is 992 g/mol. The van der Waals surface area contributed by atoms with Gasteiger partial charge in [-0.3, -0.25) is 0 Å². The average Bonchev–Trinajstić information content (AvgIpc) is 4.03. The van der Waals surface area contributed by atoms with Gasteiger partial charge in [0.25, 0.3) is 0 Å². The van der Waals surface area contributed by atoms with Gasteiger partial charge in [-0.1, -0.05) is 259 Å². The van der Waals surface area contributed by atoms with E-state index in [1.54, 1.807) is 0 Å². The Morgan fingerprint density at radius 1 is 0.397 bits per heavy atom. The molecule has 0 N–H and O–H groups in total. The molecule has 14 rings (SSSR count). The minimum absolute atomic E-state index is 0.0995. The molecule has 0 nitrogen and oxygen atoms in total. The molecule has 4 aliphatic rings. The van der Waals surface area contributed by atoms with Crippen molar-refractivity contribution in [1.82, 2.24) is 0 Å². The van der Waals surface area contributed by atoms with Gasteiger partial charge in [0.15, 0.2) is 0 Å². The molecule has 73 heavy (non-hydrogen) atoms. The van der Waals surface area contributed by atoms with E-state index in [0.29, 0.717) is 0 Å². The van der Waals surface area contributed by atoms with Crippen LogP contribution in [0, 0.1) is 6.92 Å². The Balaban J connectivity index is 0.913. The summed E-state index contributed by atoms with van der Waals surface area (Å²) in [5, 5.41) is 0. The van der Waals surface area contributed by atoms with Crippen molar-refractivity contribution in [3.63, 3.8) is 0 Å². The van der Waals surface area contributed by atoms with Gasteiger partial charge < -0.3 is 0 Å². The molecule has 0 spiro atoms. The summed E-state index contributed by atoms with van der Waals surface area (Å²) in [5.74, 6) is 0. The van der Waals surface area contributed by atoms with Gasteiger partial charge in [0.2, 0.25) is 0 Å². The van der Waals surface area contributed by atoms with E-state index in [1.807, 2.05) is 0 Å². The molecule has 1 heterocycles. The first-order valence-corrected chi connectivity index (χ1v) is 28.2. The standard InChI is InChI=1S/C72H53I/c1-47-19-15-31-61-68-57(51-22-16-28-56(44-51)71(53-24-9-5-10-25-53)62-32-14-13-29-58(62)59-41-42-73-46-66(59)71)30-18-34-64(68)72(69(47)61,54-26-11-6-12-27-54)55-38-35-48(36-39-55)43-52-23-17-33-63-67(52)60-40-37-50(45-65(60)70(63,2)3)49-20-7-4-8-21-49/h4-42,44-46H,43H2,1-3H3. The summed E-state index contributed by atoms with van der Waals surface area (Å²) in [6.07, 6.45) is 3.26. The zero-order valence-corrected chi connectivity index (χ0v) is 43.5. The van der Waals surface area contributed by atoms with E-state index in [-0.39, 0.29) is 26.1 Å². The summed E-state index contributed by atoms with van der Waals surface area (Å²) in [6.45, 7) is 7.11. The van der Waals surface area contributed by atoms with Crippen molar-refractivity contribution in [2.45, 2.75) is 43.4 Å². The number of hydrogen-bond acceptors (Lipinski definition) is 0. The maximum Gasteiger partial charge on any atom is 0.0718 e. The third kappa shape index (κ3) is 6.41. The van der Waals surface area contributed by atoms with Crippen LogP contribution in [-0.2, 0) is 22.7 Å². The molecule has 348 valence electrons. The number of halogens is 1. The lowest BCUT2D eigenvalue weighted by Gasteiger charge is -2.35. The highest BCUT2D eigenvalue weighted by Gasteiger charge is 2.50. The third-order valence-electron chi connectivity index (χ3n) is 16.9. The molecule has 0 saturated heterocycles. The molecule has 2 unspecified atom stereocenters. The normalized spacial score (nSPS) is 18.3. The Hall–Kier alpha value is -7.72. The Labute approximate surface area is 439 Å². The average molecular weight is 1050 g/mol. The van der Waals surface area contributed by atoms with E-state index in [4.69, 9.17) is 0 Å². The summed E-state index contributed by atoms with van der Waals surface area (Å²) >= 11 is -0.214. The van der Waals surface area contributed by atoms with Crippen LogP contribution in [0.25, 0.3) is 50.1 Å². The topological polar surface area (TPSA) is 0 Å². The lowest BCUT2D eigenvalue weighted by atomic mass is 9.66. The molecule has 10 aromatic rings. The highest BCUT2D eigenvalue weighted by Crippen LogP contribution is 2.62. The van der Waals surface area contributed by atoms with Crippen molar-refractivity contribution >= 4 is 30.3 Å². The third-order valence-corrected chi connectivity index (χ3v) is 18.6. The molecule has 0 aromatic heterocycles. The van der Waals surface area contributed by atoms with Crippen LogP contribution < -0.4 is 0 Å². The van der Waals surface area contributed by atoms with Crippen molar-refractivity contribution in [1.29, 1.82) is 0 Å². The SMILES string of the molecule is Cc1cccc2c1C(c1ccccc1)(c1ccc(Cc3cccc4c3-c3ccc(-c5ccccc5)cc3C4(C)C)cc1)c1cccc(-c3cccc(C4(c5ccccc5)C5=CI=CC=C5c5ccccc54)c3)c1-2. The van der Waals surface area contributed by atoms with Gasteiger partial charge >= 0.3 is 0 Å². The van der Waals surface area contributed by atoms with Crippen molar-refractivity contribution in [3.05, 3.63) is 325 Å².